The molecule has 236 valence electrons. The Balaban J connectivity index is 1.35. The van der Waals surface area contributed by atoms with E-state index >= 15 is 9.18 Å². The summed E-state index contributed by atoms with van der Waals surface area (Å²) in [5, 5.41) is 13.5. The number of likely N-dealkylation sites (tertiary alicyclic amines) is 1. The molecule has 0 bridgehead atoms. The van der Waals surface area contributed by atoms with Gasteiger partial charge in [-0.3, -0.25) is 24.1 Å². The summed E-state index contributed by atoms with van der Waals surface area (Å²) < 4.78 is 15.2. The van der Waals surface area contributed by atoms with E-state index in [1.807, 2.05) is 23.6 Å². The fourth-order valence-corrected chi connectivity index (χ4v) is 9.51. The molecule has 3 fully saturated rings. The van der Waals surface area contributed by atoms with Gasteiger partial charge in [-0.15, -0.1) is 11.3 Å². The molecule has 10 heteroatoms. The van der Waals surface area contributed by atoms with E-state index in [4.69, 9.17) is 11.6 Å². The van der Waals surface area contributed by atoms with Crippen molar-refractivity contribution in [2.24, 2.45) is 23.7 Å². The van der Waals surface area contributed by atoms with Gasteiger partial charge in [-0.25, -0.2) is 9.29 Å². The molecule has 0 spiro atoms. The number of amides is 4. The zero-order valence-corrected chi connectivity index (χ0v) is 26.5. The number of allylic oxidation sites excluding steroid dienone is 2. The van der Waals surface area contributed by atoms with Crippen LogP contribution in [-0.4, -0.2) is 33.6 Å². The van der Waals surface area contributed by atoms with Crippen LogP contribution in [0, 0.1) is 29.5 Å². The fourth-order valence-electron chi connectivity index (χ4n) is 8.63. The van der Waals surface area contributed by atoms with E-state index in [0.29, 0.717) is 21.8 Å². The number of hydrogen-bond acceptors (Lipinski definition) is 6. The van der Waals surface area contributed by atoms with Gasteiger partial charge in [0.25, 0.3) is 0 Å². The third kappa shape index (κ3) is 4.22. The highest BCUT2D eigenvalue weighted by Crippen LogP contribution is 2.65. The Bertz CT molecular complexity index is 2000. The number of anilines is 1. The number of thiophene rings is 1. The second kappa shape index (κ2) is 11.0. The molecule has 4 aliphatic rings. The van der Waals surface area contributed by atoms with Gasteiger partial charge in [0.15, 0.2) is 11.6 Å². The van der Waals surface area contributed by atoms with Crippen LogP contribution in [0.4, 0.5) is 10.1 Å². The summed E-state index contributed by atoms with van der Waals surface area (Å²) in [5.74, 6) is -7.08. The van der Waals surface area contributed by atoms with Crippen LogP contribution in [0.25, 0.3) is 0 Å². The number of phenols is 1. The van der Waals surface area contributed by atoms with Gasteiger partial charge in [0, 0.05) is 21.4 Å². The Kier molecular flexibility index (Phi) is 6.97. The second-order valence-electron chi connectivity index (χ2n) is 12.6. The molecule has 2 saturated heterocycles. The maximum Gasteiger partial charge on any atom is 0.246 e. The number of halogens is 2. The standard InChI is InChI=1S/C37H28ClFN2O5S/c38-21-9-4-10-22(17-21)41-34(44)28-18-27-24(14-15-25-30(27)35(45)40(33(25)43)19-23-11-6-16-47-23)31(26-12-5-13-29(39)32(26)42)37(28,36(41)46)20-7-2-1-3-8-20/h1-14,16-17,25,27-28,30-31,42H,15,18-19H2/t25-,27+,28-,30-,31+,37+/m0/s1. The fraction of sp³-hybridized carbons (Fsp3) is 0.243. The summed E-state index contributed by atoms with van der Waals surface area (Å²) in [6.45, 7) is 0.163. The Morgan fingerprint density at radius 3 is 2.43 bits per heavy atom. The van der Waals surface area contributed by atoms with E-state index in [1.54, 1.807) is 60.7 Å². The Hall–Kier alpha value is -4.60. The van der Waals surface area contributed by atoms with E-state index in [-0.39, 0.29) is 36.8 Å². The van der Waals surface area contributed by atoms with Crippen LogP contribution in [0.3, 0.4) is 0 Å². The minimum atomic E-state index is -1.59. The van der Waals surface area contributed by atoms with Gasteiger partial charge in [0.2, 0.25) is 23.6 Å². The first-order valence-corrected chi connectivity index (χ1v) is 16.7. The molecule has 6 atom stereocenters. The smallest absolute Gasteiger partial charge is 0.246 e. The van der Waals surface area contributed by atoms with E-state index in [1.165, 1.54) is 22.3 Å². The number of benzene rings is 3. The van der Waals surface area contributed by atoms with E-state index in [0.717, 1.165) is 15.8 Å². The van der Waals surface area contributed by atoms with Crippen LogP contribution in [-0.2, 0) is 31.1 Å². The van der Waals surface area contributed by atoms with E-state index in [9.17, 15) is 19.5 Å². The third-order valence-corrected chi connectivity index (χ3v) is 11.6. The van der Waals surface area contributed by atoms with Crippen molar-refractivity contribution >= 4 is 52.3 Å². The summed E-state index contributed by atoms with van der Waals surface area (Å²) in [4.78, 5) is 61.1. The normalized spacial score (nSPS) is 28.3. The SMILES string of the molecule is O=C1[C@H]2[C@H](CC=C3[C@H]2C[C@H]2C(=O)N(c4cccc(Cl)c4)C(=O)[C@@]2(c2ccccc2)[C@H]3c2cccc(F)c2O)C(=O)N1Cc1cccs1. The lowest BCUT2D eigenvalue weighted by Crippen LogP contribution is -2.53. The lowest BCUT2D eigenvalue weighted by molar-refractivity contribution is -0.141. The average Bonchev–Trinajstić information content (AvgIpc) is 3.74. The molecule has 1 saturated carbocycles. The molecular weight excluding hydrogens is 639 g/mol. The molecule has 7 nitrogen and oxygen atoms in total. The molecule has 0 unspecified atom stereocenters. The number of aromatic hydroxyl groups is 1. The number of imide groups is 2. The number of para-hydroxylation sites is 1. The van der Waals surface area contributed by atoms with Gasteiger partial charge < -0.3 is 5.11 Å². The quantitative estimate of drug-likeness (QED) is 0.191. The van der Waals surface area contributed by atoms with Crippen molar-refractivity contribution in [3.05, 3.63) is 129 Å². The molecule has 2 aliphatic heterocycles. The van der Waals surface area contributed by atoms with Crippen molar-refractivity contribution < 1.29 is 28.7 Å². The number of carbonyl (C=O) groups excluding carboxylic acids is 4. The molecule has 8 rings (SSSR count). The monoisotopic (exact) mass is 666 g/mol. The van der Waals surface area contributed by atoms with Crippen LogP contribution >= 0.6 is 22.9 Å². The van der Waals surface area contributed by atoms with Gasteiger partial charge in [0.1, 0.15) is 0 Å². The highest BCUT2D eigenvalue weighted by molar-refractivity contribution is 7.09. The zero-order chi connectivity index (χ0) is 32.6. The minimum Gasteiger partial charge on any atom is -0.505 e. The summed E-state index contributed by atoms with van der Waals surface area (Å²) in [6.07, 6.45) is 2.24. The first kappa shape index (κ1) is 29.8. The summed E-state index contributed by atoms with van der Waals surface area (Å²) in [6, 6.07) is 23.3. The van der Waals surface area contributed by atoms with Crippen molar-refractivity contribution in [1.82, 2.24) is 4.90 Å². The Morgan fingerprint density at radius 2 is 1.68 bits per heavy atom. The molecule has 0 radical (unpaired) electrons. The highest BCUT2D eigenvalue weighted by atomic mass is 35.5. The largest absolute Gasteiger partial charge is 0.505 e. The van der Waals surface area contributed by atoms with Crippen LogP contribution in [0.2, 0.25) is 5.02 Å². The number of hydrogen-bond donors (Lipinski definition) is 1. The summed E-state index contributed by atoms with van der Waals surface area (Å²) >= 11 is 7.79. The maximum atomic E-state index is 15.2. The molecule has 1 N–H and O–H groups in total. The molecule has 4 amide bonds. The number of nitrogens with zero attached hydrogens (tertiary/aromatic N) is 2. The highest BCUT2D eigenvalue weighted by Gasteiger charge is 2.70. The Labute approximate surface area is 278 Å². The first-order chi connectivity index (χ1) is 22.7. The van der Waals surface area contributed by atoms with Crippen molar-refractivity contribution in [1.29, 1.82) is 0 Å². The first-order valence-electron chi connectivity index (χ1n) is 15.5. The van der Waals surface area contributed by atoms with Crippen LogP contribution in [0.15, 0.2) is 102 Å². The maximum absolute atomic E-state index is 15.2. The number of phenolic OH excluding ortho intramolecular Hbond substituents is 1. The molecule has 1 aromatic heterocycles. The third-order valence-electron chi connectivity index (χ3n) is 10.5. The van der Waals surface area contributed by atoms with Crippen molar-refractivity contribution in [2.45, 2.75) is 30.7 Å². The minimum absolute atomic E-state index is 0.113. The van der Waals surface area contributed by atoms with Gasteiger partial charge >= 0.3 is 0 Å². The molecular formula is C37H28ClFN2O5S. The zero-order valence-electron chi connectivity index (χ0n) is 24.9. The van der Waals surface area contributed by atoms with Crippen LogP contribution in [0.1, 0.15) is 34.8 Å². The summed E-state index contributed by atoms with van der Waals surface area (Å²) in [5.41, 5.74) is 0.0401. The van der Waals surface area contributed by atoms with Gasteiger partial charge in [-0.2, -0.15) is 0 Å². The molecule has 47 heavy (non-hydrogen) atoms. The van der Waals surface area contributed by atoms with Gasteiger partial charge in [-0.05, 0) is 60.0 Å². The van der Waals surface area contributed by atoms with Gasteiger partial charge in [0.05, 0.1) is 35.4 Å². The Morgan fingerprint density at radius 1 is 0.894 bits per heavy atom. The summed E-state index contributed by atoms with van der Waals surface area (Å²) in [7, 11) is 0. The van der Waals surface area contributed by atoms with E-state index in [2.05, 4.69) is 0 Å². The van der Waals surface area contributed by atoms with Crippen LogP contribution in [0.5, 0.6) is 5.75 Å². The number of carbonyl (C=O) groups is 4. The molecule has 3 aromatic carbocycles. The van der Waals surface area contributed by atoms with Gasteiger partial charge in [-0.1, -0.05) is 77.8 Å². The predicted octanol–water partition coefficient (Wildman–Crippen LogP) is 6.61. The van der Waals surface area contributed by atoms with Crippen LogP contribution < -0.4 is 4.90 Å². The number of rotatable bonds is 5. The second-order valence-corrected chi connectivity index (χ2v) is 14.1. The lowest BCUT2D eigenvalue weighted by atomic mass is 9.49. The lowest BCUT2D eigenvalue weighted by Gasteiger charge is -2.50. The van der Waals surface area contributed by atoms with E-state index < -0.39 is 58.4 Å². The number of fused-ring (bicyclic) bond motifs is 4. The predicted molar refractivity (Wildman–Crippen MR) is 174 cm³/mol. The topological polar surface area (TPSA) is 95.0 Å². The molecule has 2 aliphatic carbocycles. The van der Waals surface area contributed by atoms with Crippen molar-refractivity contribution in [2.75, 3.05) is 4.90 Å². The average molecular weight is 667 g/mol. The van der Waals surface area contributed by atoms with Crippen molar-refractivity contribution in [3.63, 3.8) is 0 Å². The van der Waals surface area contributed by atoms with Crippen molar-refractivity contribution in [3.8, 4) is 5.75 Å². The molecule has 4 aromatic rings. The molecule has 3 heterocycles.